The van der Waals surface area contributed by atoms with Gasteiger partial charge in [0.2, 0.25) is 12.2 Å². The minimum atomic E-state index is -0.501. The molecule has 0 amide bonds. The highest BCUT2D eigenvalue weighted by Crippen LogP contribution is 2.36. The molecule has 0 bridgehead atoms. The monoisotopic (exact) mass is 468 g/mol. The van der Waals surface area contributed by atoms with Crippen LogP contribution in [0.5, 0.6) is 0 Å². The Hall–Kier alpha value is -2.15. The van der Waals surface area contributed by atoms with Gasteiger partial charge in [0.25, 0.3) is 0 Å². The predicted molar refractivity (Wildman–Crippen MR) is 124 cm³/mol. The summed E-state index contributed by atoms with van der Waals surface area (Å²) in [7, 11) is 0. The summed E-state index contributed by atoms with van der Waals surface area (Å²) in [5.41, 5.74) is 0. The summed E-state index contributed by atoms with van der Waals surface area (Å²) in [5.74, 6) is 1.10. The first-order chi connectivity index (χ1) is 16.0. The highest BCUT2D eigenvalue weighted by atomic mass is 16.5. The Morgan fingerprint density at radius 2 is 1.24 bits per heavy atom. The van der Waals surface area contributed by atoms with Gasteiger partial charge in [0.15, 0.2) is 0 Å². The van der Waals surface area contributed by atoms with Crippen LogP contribution in [0.4, 0.5) is 0 Å². The van der Waals surface area contributed by atoms with E-state index in [1.165, 1.54) is 32.1 Å². The molecule has 2 aliphatic rings. The van der Waals surface area contributed by atoms with E-state index in [-0.39, 0.29) is 38.5 Å². The maximum atomic E-state index is 10.2. The molecule has 0 radical (unpaired) electrons. The van der Waals surface area contributed by atoms with E-state index in [0.29, 0.717) is 0 Å². The lowest BCUT2D eigenvalue weighted by atomic mass is 9.76. The summed E-state index contributed by atoms with van der Waals surface area (Å²) in [4.78, 5) is 38.3. The van der Waals surface area contributed by atoms with Gasteiger partial charge >= 0.3 is 5.97 Å². The maximum absolute atomic E-state index is 10.2. The lowest BCUT2D eigenvalue weighted by molar-refractivity contribution is -0.138. The van der Waals surface area contributed by atoms with Crippen molar-refractivity contribution >= 4 is 18.1 Å². The Morgan fingerprint density at radius 1 is 0.818 bits per heavy atom. The number of ether oxygens (including phenoxy) is 1. The van der Waals surface area contributed by atoms with Gasteiger partial charge in [0, 0.05) is 19.3 Å². The SMILES string of the molecule is C=CC(=O)OCCO.O=C=NC1CCC(CC2CCC(N=C=O)CC2)CC1.OCCCCO. The molecule has 188 valence electrons. The Labute approximate surface area is 196 Å². The van der Waals surface area contributed by atoms with Gasteiger partial charge < -0.3 is 20.1 Å². The van der Waals surface area contributed by atoms with E-state index >= 15 is 0 Å². The average molecular weight is 469 g/mol. The van der Waals surface area contributed by atoms with Gasteiger partial charge in [-0.1, -0.05) is 6.58 Å². The van der Waals surface area contributed by atoms with E-state index in [1.807, 2.05) is 0 Å². The van der Waals surface area contributed by atoms with Gasteiger partial charge in [-0.3, -0.25) is 0 Å². The van der Waals surface area contributed by atoms with Crippen molar-refractivity contribution in [1.82, 2.24) is 0 Å². The molecular formula is C24H40N2O7. The van der Waals surface area contributed by atoms with Gasteiger partial charge in [-0.2, -0.15) is 0 Å². The zero-order valence-electron chi connectivity index (χ0n) is 19.6. The predicted octanol–water partition coefficient (Wildman–Crippen LogP) is 2.62. The van der Waals surface area contributed by atoms with E-state index in [0.717, 1.165) is 56.4 Å². The number of aliphatic imine (C=N–C) groups is 2. The standard InChI is InChI=1S/C15H22N2O2.C5H8O3.C4H10O2/c18-10-16-14-5-1-12(2-6-14)9-13-3-7-15(8-4-13)17-11-19;1-2-5(7)8-4-3-6;5-3-1-2-4-6/h12-15H,1-9H2;2,6H,1,3-4H2;5-6H,1-4H2. The summed E-state index contributed by atoms with van der Waals surface area (Å²) in [6.45, 7) is 3.45. The zero-order valence-corrected chi connectivity index (χ0v) is 19.6. The number of carbonyl (C=O) groups excluding carboxylic acids is 3. The summed E-state index contributed by atoms with van der Waals surface area (Å²) >= 11 is 0. The summed E-state index contributed by atoms with van der Waals surface area (Å²) in [5, 5.41) is 24.3. The van der Waals surface area contributed by atoms with Crippen LogP contribution in [-0.2, 0) is 19.1 Å². The average Bonchev–Trinajstić information content (AvgIpc) is 2.85. The van der Waals surface area contributed by atoms with Crippen molar-refractivity contribution < 1.29 is 34.4 Å². The molecule has 9 heteroatoms. The highest BCUT2D eigenvalue weighted by Gasteiger charge is 2.26. The molecule has 0 aromatic carbocycles. The first kappa shape index (κ1) is 30.9. The van der Waals surface area contributed by atoms with Crippen molar-refractivity contribution in [3.63, 3.8) is 0 Å². The normalized spacial score (nSPS) is 23.7. The number of hydrogen-bond acceptors (Lipinski definition) is 9. The second kappa shape index (κ2) is 21.7. The minimum absolute atomic E-state index is 0.0465. The van der Waals surface area contributed by atoms with Crippen LogP contribution in [0.1, 0.15) is 70.6 Å². The first-order valence-electron chi connectivity index (χ1n) is 11.8. The molecule has 2 saturated carbocycles. The van der Waals surface area contributed by atoms with Crippen molar-refractivity contribution in [3.05, 3.63) is 12.7 Å². The molecule has 0 spiro atoms. The second-order valence-electron chi connectivity index (χ2n) is 8.28. The third-order valence-electron chi connectivity index (χ3n) is 5.84. The summed E-state index contributed by atoms with van der Waals surface area (Å²) in [6, 6.07) is 0.456. The maximum Gasteiger partial charge on any atom is 0.330 e. The fraction of sp³-hybridized carbons (Fsp3) is 0.792. The van der Waals surface area contributed by atoms with Crippen LogP contribution in [0.3, 0.4) is 0 Å². The molecule has 0 aromatic rings. The number of esters is 1. The van der Waals surface area contributed by atoms with E-state index in [9.17, 15) is 14.4 Å². The number of aliphatic hydroxyl groups is 3. The quantitative estimate of drug-likeness (QED) is 0.147. The Bertz CT molecular complexity index is 560. The van der Waals surface area contributed by atoms with Crippen LogP contribution < -0.4 is 0 Å². The van der Waals surface area contributed by atoms with Crippen molar-refractivity contribution in [2.45, 2.75) is 82.7 Å². The molecule has 0 heterocycles. The zero-order chi connectivity index (χ0) is 24.7. The lowest BCUT2D eigenvalue weighted by Crippen LogP contribution is -2.23. The molecule has 2 aliphatic carbocycles. The molecule has 0 saturated heterocycles. The highest BCUT2D eigenvalue weighted by molar-refractivity contribution is 5.81. The number of hydrogen-bond donors (Lipinski definition) is 3. The molecule has 0 aromatic heterocycles. The van der Waals surface area contributed by atoms with E-state index in [4.69, 9.17) is 15.3 Å². The van der Waals surface area contributed by atoms with Crippen LogP contribution in [0.25, 0.3) is 0 Å². The van der Waals surface area contributed by atoms with Crippen LogP contribution in [0, 0.1) is 11.8 Å². The van der Waals surface area contributed by atoms with Crippen LogP contribution in [-0.4, -0.2) is 72.0 Å². The van der Waals surface area contributed by atoms with Gasteiger partial charge in [0.1, 0.15) is 6.61 Å². The second-order valence-corrected chi connectivity index (χ2v) is 8.28. The number of unbranched alkanes of at least 4 members (excludes halogenated alkanes) is 1. The third-order valence-corrected chi connectivity index (χ3v) is 5.84. The van der Waals surface area contributed by atoms with E-state index in [2.05, 4.69) is 21.3 Å². The van der Waals surface area contributed by atoms with Gasteiger partial charge in [-0.25, -0.2) is 24.4 Å². The Balaban J connectivity index is 0.000000606. The lowest BCUT2D eigenvalue weighted by Gasteiger charge is -2.31. The minimum Gasteiger partial charge on any atom is -0.460 e. The molecule has 9 nitrogen and oxygen atoms in total. The molecule has 2 fully saturated rings. The molecule has 33 heavy (non-hydrogen) atoms. The largest absolute Gasteiger partial charge is 0.460 e. The van der Waals surface area contributed by atoms with Crippen molar-refractivity contribution in [2.75, 3.05) is 26.4 Å². The molecule has 0 aliphatic heterocycles. The van der Waals surface area contributed by atoms with Gasteiger partial charge in [-0.05, 0) is 82.5 Å². The van der Waals surface area contributed by atoms with Gasteiger partial charge in [-0.15, -0.1) is 0 Å². The van der Waals surface area contributed by atoms with Crippen LogP contribution >= 0.6 is 0 Å². The first-order valence-corrected chi connectivity index (χ1v) is 11.8. The Kier molecular flexibility index (Phi) is 20.3. The van der Waals surface area contributed by atoms with Crippen molar-refractivity contribution in [2.24, 2.45) is 21.8 Å². The fourth-order valence-electron chi connectivity index (χ4n) is 4.07. The van der Waals surface area contributed by atoms with Crippen molar-refractivity contribution in [1.29, 1.82) is 0 Å². The van der Waals surface area contributed by atoms with Crippen molar-refractivity contribution in [3.8, 4) is 0 Å². The molecular weight excluding hydrogens is 428 g/mol. The van der Waals surface area contributed by atoms with E-state index in [1.54, 1.807) is 12.2 Å². The fourth-order valence-corrected chi connectivity index (χ4v) is 4.07. The number of rotatable bonds is 10. The van der Waals surface area contributed by atoms with Gasteiger partial charge in [0.05, 0.1) is 18.7 Å². The topological polar surface area (TPSA) is 146 Å². The number of aliphatic hydroxyl groups excluding tert-OH is 3. The number of carbonyl (C=O) groups is 1. The summed E-state index contributed by atoms with van der Waals surface area (Å²) < 4.78 is 4.33. The van der Waals surface area contributed by atoms with Crippen LogP contribution in [0.15, 0.2) is 22.6 Å². The van der Waals surface area contributed by atoms with Crippen LogP contribution in [0.2, 0.25) is 0 Å². The smallest absolute Gasteiger partial charge is 0.330 e. The molecule has 0 atom stereocenters. The molecule has 3 N–H and O–H groups in total. The molecule has 0 unspecified atom stereocenters. The molecule has 2 rings (SSSR count). The third kappa shape index (κ3) is 17.0. The summed E-state index contributed by atoms with van der Waals surface area (Å²) in [6.07, 6.45) is 16.1. The number of isocyanates is 2. The van der Waals surface area contributed by atoms with E-state index < -0.39 is 5.97 Å². The Morgan fingerprint density at radius 3 is 1.55 bits per heavy atom. The number of nitrogens with zero attached hydrogens (tertiary/aromatic N) is 2.